The van der Waals surface area contributed by atoms with Gasteiger partial charge in [-0.3, -0.25) is 0 Å². The van der Waals surface area contributed by atoms with Crippen LogP contribution in [0.5, 0.6) is 0 Å². The normalized spacial score (nSPS) is 20.9. The smallest absolute Gasteiger partial charge is 0.395 e. The fourth-order valence-corrected chi connectivity index (χ4v) is 4.26. The van der Waals surface area contributed by atoms with Gasteiger partial charge in [0.25, 0.3) is 0 Å². The minimum absolute atomic E-state index is 0.178. The second-order valence-corrected chi connectivity index (χ2v) is 7.03. The Labute approximate surface area is 125 Å². The molecule has 1 aromatic carbocycles. The predicted molar refractivity (Wildman–Crippen MR) is 70.5 cm³/mol. The van der Waals surface area contributed by atoms with Crippen LogP contribution in [-0.4, -0.2) is 37.0 Å². The first kappa shape index (κ1) is 16.5. The van der Waals surface area contributed by atoms with E-state index in [4.69, 9.17) is 16.7 Å². The topological polar surface area (TPSA) is 57.6 Å². The molecule has 0 bridgehead atoms. The Morgan fingerprint density at radius 3 is 2.62 bits per heavy atom. The fraction of sp³-hybridized carbons (Fsp3) is 0.500. The summed E-state index contributed by atoms with van der Waals surface area (Å²) >= 11 is 5.48. The largest absolute Gasteiger partial charge is 0.417 e. The Hall–Kier alpha value is -0.830. The quantitative estimate of drug-likeness (QED) is 0.917. The predicted octanol–water partition coefficient (Wildman–Crippen LogP) is 2.50. The van der Waals surface area contributed by atoms with E-state index in [1.807, 2.05) is 0 Å². The lowest BCUT2D eigenvalue weighted by Crippen LogP contribution is -2.37. The monoisotopic (exact) mass is 343 g/mol. The first-order valence-electron chi connectivity index (χ1n) is 6.17. The Bertz CT molecular complexity index is 633. The Morgan fingerprint density at radius 2 is 2.05 bits per heavy atom. The van der Waals surface area contributed by atoms with Crippen LogP contribution >= 0.6 is 11.6 Å². The molecule has 1 atom stereocenters. The number of alkyl halides is 3. The van der Waals surface area contributed by atoms with Crippen molar-refractivity contribution in [2.75, 3.05) is 13.2 Å². The van der Waals surface area contributed by atoms with Gasteiger partial charge in [-0.25, -0.2) is 8.42 Å². The van der Waals surface area contributed by atoms with Gasteiger partial charge in [-0.1, -0.05) is 11.6 Å². The number of aliphatic hydroxyl groups excluding tert-OH is 1. The van der Waals surface area contributed by atoms with Crippen molar-refractivity contribution in [3.05, 3.63) is 28.8 Å². The molecule has 0 aromatic heterocycles. The standard InChI is InChI=1S/C12H13ClF3NO3S/c13-11-4-3-9(6-10(11)12(14,15)16)21(19,20)17-5-1-2-8(17)7-18/h3-4,6,8,18H,1-2,5,7H2/t8-/m1/s1. The molecular weight excluding hydrogens is 331 g/mol. The molecule has 0 radical (unpaired) electrons. The van der Waals surface area contributed by atoms with Gasteiger partial charge in [0.05, 0.1) is 22.1 Å². The zero-order valence-corrected chi connectivity index (χ0v) is 12.3. The van der Waals surface area contributed by atoms with E-state index in [-0.39, 0.29) is 13.2 Å². The Morgan fingerprint density at radius 1 is 1.38 bits per heavy atom. The molecule has 1 heterocycles. The van der Waals surface area contributed by atoms with Crippen LogP contribution in [0.25, 0.3) is 0 Å². The van der Waals surface area contributed by atoms with Gasteiger partial charge < -0.3 is 5.11 Å². The van der Waals surface area contributed by atoms with Crippen molar-refractivity contribution >= 4 is 21.6 Å². The number of rotatable bonds is 3. The minimum Gasteiger partial charge on any atom is -0.395 e. The molecule has 1 fully saturated rings. The summed E-state index contributed by atoms with van der Waals surface area (Å²) in [6.45, 7) is -0.184. The molecule has 21 heavy (non-hydrogen) atoms. The molecule has 0 amide bonds. The van der Waals surface area contributed by atoms with E-state index >= 15 is 0 Å². The maximum Gasteiger partial charge on any atom is 0.417 e. The van der Waals surface area contributed by atoms with Crippen molar-refractivity contribution < 1.29 is 26.7 Å². The number of nitrogens with zero attached hydrogens (tertiary/aromatic N) is 1. The van der Waals surface area contributed by atoms with Crippen molar-refractivity contribution in [3.63, 3.8) is 0 Å². The van der Waals surface area contributed by atoms with E-state index in [9.17, 15) is 21.6 Å². The minimum atomic E-state index is -4.73. The molecule has 4 nitrogen and oxygen atoms in total. The van der Waals surface area contributed by atoms with E-state index in [2.05, 4.69) is 0 Å². The van der Waals surface area contributed by atoms with E-state index in [0.29, 0.717) is 18.9 Å². The number of hydrogen-bond donors (Lipinski definition) is 1. The molecule has 1 saturated heterocycles. The number of halogens is 4. The first-order chi connectivity index (χ1) is 9.67. The van der Waals surface area contributed by atoms with Crippen LogP contribution in [-0.2, 0) is 16.2 Å². The third kappa shape index (κ3) is 3.18. The summed E-state index contributed by atoms with van der Waals surface area (Å²) in [5.41, 5.74) is -1.19. The molecule has 1 N–H and O–H groups in total. The number of sulfonamides is 1. The van der Waals surface area contributed by atoms with Crippen LogP contribution < -0.4 is 0 Å². The average molecular weight is 344 g/mol. The van der Waals surface area contributed by atoms with E-state index in [1.165, 1.54) is 0 Å². The van der Waals surface area contributed by atoms with Crippen LogP contribution in [0.1, 0.15) is 18.4 Å². The highest BCUT2D eigenvalue weighted by atomic mass is 35.5. The van der Waals surface area contributed by atoms with Crippen LogP contribution in [0.4, 0.5) is 13.2 Å². The summed E-state index contributed by atoms with van der Waals surface area (Å²) < 4.78 is 64.2. The van der Waals surface area contributed by atoms with E-state index in [1.54, 1.807) is 0 Å². The highest BCUT2D eigenvalue weighted by Crippen LogP contribution is 2.37. The molecule has 2 rings (SSSR count). The van der Waals surface area contributed by atoms with Gasteiger partial charge in [0.2, 0.25) is 10.0 Å². The van der Waals surface area contributed by atoms with Crippen molar-refractivity contribution in [2.24, 2.45) is 0 Å². The van der Waals surface area contributed by atoms with Gasteiger partial charge >= 0.3 is 6.18 Å². The van der Waals surface area contributed by atoms with Gasteiger partial charge in [0, 0.05) is 12.6 Å². The second kappa shape index (κ2) is 5.75. The molecule has 9 heteroatoms. The highest BCUT2D eigenvalue weighted by Gasteiger charge is 2.38. The maximum atomic E-state index is 12.8. The molecule has 1 aromatic rings. The third-order valence-electron chi connectivity index (χ3n) is 3.38. The Balaban J connectivity index is 2.46. The molecule has 1 aliphatic heterocycles. The Kier molecular flexibility index (Phi) is 4.53. The zero-order valence-electron chi connectivity index (χ0n) is 10.8. The highest BCUT2D eigenvalue weighted by molar-refractivity contribution is 7.89. The van der Waals surface area contributed by atoms with Gasteiger partial charge in [-0.2, -0.15) is 17.5 Å². The molecule has 0 saturated carbocycles. The molecule has 1 aliphatic rings. The molecular formula is C12H13ClF3NO3S. The molecule has 118 valence electrons. The zero-order chi connectivity index (χ0) is 15.8. The molecule has 0 spiro atoms. The number of benzene rings is 1. The second-order valence-electron chi connectivity index (χ2n) is 4.73. The van der Waals surface area contributed by atoms with Crippen molar-refractivity contribution in [2.45, 2.75) is 30.0 Å². The van der Waals surface area contributed by atoms with Crippen LogP contribution in [0.15, 0.2) is 23.1 Å². The summed E-state index contributed by atoms with van der Waals surface area (Å²) in [5.74, 6) is 0. The van der Waals surface area contributed by atoms with Crippen LogP contribution in [0.2, 0.25) is 5.02 Å². The van der Waals surface area contributed by atoms with Crippen LogP contribution in [0, 0.1) is 0 Å². The van der Waals surface area contributed by atoms with Crippen LogP contribution in [0.3, 0.4) is 0 Å². The summed E-state index contributed by atoms with van der Waals surface area (Å²) in [5, 5.41) is 8.61. The first-order valence-corrected chi connectivity index (χ1v) is 7.99. The lowest BCUT2D eigenvalue weighted by molar-refractivity contribution is -0.137. The molecule has 0 aliphatic carbocycles. The molecule has 0 unspecified atom stereocenters. The van der Waals surface area contributed by atoms with E-state index < -0.39 is 37.7 Å². The number of aliphatic hydroxyl groups is 1. The van der Waals surface area contributed by atoms with E-state index in [0.717, 1.165) is 16.4 Å². The van der Waals surface area contributed by atoms with Gasteiger partial charge in [0.15, 0.2) is 0 Å². The summed E-state index contributed by atoms with van der Waals surface area (Å²) in [6, 6.07) is 1.89. The number of hydrogen-bond acceptors (Lipinski definition) is 3. The third-order valence-corrected chi connectivity index (χ3v) is 5.66. The van der Waals surface area contributed by atoms with Crippen molar-refractivity contribution in [3.8, 4) is 0 Å². The van der Waals surface area contributed by atoms with Gasteiger partial charge in [-0.05, 0) is 31.0 Å². The average Bonchev–Trinajstić information content (AvgIpc) is 2.86. The SMILES string of the molecule is O=S(=O)(c1ccc(Cl)c(C(F)(F)F)c1)N1CCC[C@@H]1CO. The lowest BCUT2D eigenvalue weighted by Gasteiger charge is -2.23. The summed E-state index contributed by atoms with van der Waals surface area (Å²) in [4.78, 5) is -0.473. The fourth-order valence-electron chi connectivity index (χ4n) is 2.33. The maximum absolute atomic E-state index is 12.8. The van der Waals surface area contributed by atoms with Gasteiger partial charge in [-0.15, -0.1) is 0 Å². The van der Waals surface area contributed by atoms with Crippen molar-refractivity contribution in [1.29, 1.82) is 0 Å². The van der Waals surface area contributed by atoms with Crippen molar-refractivity contribution in [1.82, 2.24) is 4.31 Å². The van der Waals surface area contributed by atoms with Gasteiger partial charge in [0.1, 0.15) is 0 Å². The summed E-state index contributed by atoms with van der Waals surface area (Å²) in [7, 11) is -4.08. The summed E-state index contributed by atoms with van der Waals surface area (Å²) in [6.07, 6.45) is -3.69. The lowest BCUT2D eigenvalue weighted by atomic mass is 10.2.